The van der Waals surface area contributed by atoms with Crippen molar-refractivity contribution in [1.29, 1.82) is 0 Å². The topological polar surface area (TPSA) is 34.1 Å². The molecule has 0 rings (SSSR count). The van der Waals surface area contributed by atoms with Crippen LogP contribution in [0.2, 0.25) is 0 Å². The minimum Gasteiger partial charge on any atom is -0.303 e. The molecule has 0 saturated carbocycles. The van der Waals surface area contributed by atoms with Gasteiger partial charge in [0.2, 0.25) is 0 Å². The molecule has 0 aliphatic rings. The molecule has 0 bridgehead atoms. The van der Waals surface area contributed by atoms with E-state index < -0.39 is 0 Å². The summed E-state index contributed by atoms with van der Waals surface area (Å²) in [6.07, 6.45) is 23.1. The number of hydrogen-bond donors (Lipinski definition) is 0. The van der Waals surface area contributed by atoms with Crippen LogP contribution in [0.3, 0.4) is 0 Å². The third-order valence-corrected chi connectivity index (χ3v) is 4.10. The zero-order valence-electron chi connectivity index (χ0n) is 16.0. The highest BCUT2D eigenvalue weighted by Gasteiger charge is 1.90. The van der Waals surface area contributed by atoms with Crippen LogP contribution in [0.4, 0.5) is 0 Å². The molecule has 0 aliphatic carbocycles. The maximum Gasteiger partial charge on any atom is 0.119 e. The predicted molar refractivity (Wildman–Crippen MR) is 102 cm³/mol. The lowest BCUT2D eigenvalue weighted by Crippen LogP contribution is -1.81. The molecule has 0 aromatic heterocycles. The summed E-state index contributed by atoms with van der Waals surface area (Å²) in [5, 5.41) is 0. The van der Waals surface area contributed by atoms with Crippen LogP contribution in [-0.4, -0.2) is 12.6 Å². The third-order valence-electron chi connectivity index (χ3n) is 4.10. The van der Waals surface area contributed by atoms with Crippen molar-refractivity contribution in [3.63, 3.8) is 0 Å². The lowest BCUT2D eigenvalue weighted by Gasteiger charge is -1.98. The molecule has 0 amide bonds. The fraction of sp³-hybridized carbons (Fsp3) is 0.905. The first-order valence-electron chi connectivity index (χ1n) is 10.2. The summed E-state index contributed by atoms with van der Waals surface area (Å²) >= 11 is 0. The smallest absolute Gasteiger partial charge is 0.119 e. The van der Waals surface area contributed by atoms with Crippen molar-refractivity contribution in [2.75, 3.05) is 0 Å². The van der Waals surface area contributed by atoms with E-state index in [9.17, 15) is 9.59 Å². The van der Waals surface area contributed by atoms with E-state index >= 15 is 0 Å². The highest BCUT2D eigenvalue weighted by atomic mass is 16.1. The maximum absolute atomic E-state index is 9.98. The van der Waals surface area contributed by atoms with Gasteiger partial charge in [-0.2, -0.15) is 0 Å². The lowest BCUT2D eigenvalue weighted by atomic mass is 10.1. The Hall–Kier alpha value is -0.660. The van der Waals surface area contributed by atoms with E-state index in [2.05, 4.69) is 13.8 Å². The van der Waals surface area contributed by atoms with Gasteiger partial charge in [-0.15, -0.1) is 0 Å². The molecule has 0 N–H and O–H groups in total. The lowest BCUT2D eigenvalue weighted by molar-refractivity contribution is -0.108. The summed E-state index contributed by atoms with van der Waals surface area (Å²) in [5.41, 5.74) is 0. The first-order chi connectivity index (χ1) is 11.3. The van der Waals surface area contributed by atoms with Crippen molar-refractivity contribution in [3.8, 4) is 0 Å². The van der Waals surface area contributed by atoms with Crippen molar-refractivity contribution in [2.24, 2.45) is 0 Å². The minimum absolute atomic E-state index is 0.758. The van der Waals surface area contributed by atoms with E-state index in [1.165, 1.54) is 83.5 Å². The normalized spacial score (nSPS) is 10.0. The van der Waals surface area contributed by atoms with Crippen LogP contribution in [0.1, 0.15) is 123 Å². The van der Waals surface area contributed by atoms with Gasteiger partial charge in [-0.05, 0) is 12.8 Å². The summed E-state index contributed by atoms with van der Waals surface area (Å²) in [5.74, 6) is 0. The van der Waals surface area contributed by atoms with Crippen LogP contribution in [0.15, 0.2) is 0 Å². The minimum atomic E-state index is 0.758. The SMILES string of the molecule is CCCCCCCCCC=O.CCCCCCCCCCC=O. The van der Waals surface area contributed by atoms with E-state index in [1.54, 1.807) is 0 Å². The Balaban J connectivity index is 0. The molecule has 0 heterocycles. The van der Waals surface area contributed by atoms with Gasteiger partial charge < -0.3 is 9.59 Å². The van der Waals surface area contributed by atoms with Crippen LogP contribution in [0, 0.1) is 0 Å². The van der Waals surface area contributed by atoms with Gasteiger partial charge in [0.1, 0.15) is 12.6 Å². The summed E-state index contributed by atoms with van der Waals surface area (Å²) in [6, 6.07) is 0. The second kappa shape index (κ2) is 26.2. The first kappa shape index (κ1) is 24.6. The van der Waals surface area contributed by atoms with Crippen LogP contribution in [0.5, 0.6) is 0 Å². The summed E-state index contributed by atoms with van der Waals surface area (Å²) in [7, 11) is 0. The summed E-state index contributed by atoms with van der Waals surface area (Å²) < 4.78 is 0. The van der Waals surface area contributed by atoms with Gasteiger partial charge in [0, 0.05) is 12.8 Å². The Morgan fingerprint density at radius 3 is 0.957 bits per heavy atom. The molecule has 138 valence electrons. The van der Waals surface area contributed by atoms with Gasteiger partial charge in [-0.1, -0.05) is 97.3 Å². The van der Waals surface area contributed by atoms with Crippen molar-refractivity contribution < 1.29 is 9.59 Å². The third kappa shape index (κ3) is 29.9. The van der Waals surface area contributed by atoms with Gasteiger partial charge in [0.05, 0.1) is 0 Å². The molecule has 23 heavy (non-hydrogen) atoms. The molecule has 2 heteroatoms. The number of carbonyl (C=O) groups excluding carboxylic acids is 2. The molecule has 0 aliphatic heterocycles. The van der Waals surface area contributed by atoms with E-state index in [1.807, 2.05) is 0 Å². The molecular weight excluding hydrogens is 284 g/mol. The zero-order chi connectivity index (χ0) is 17.4. The average Bonchev–Trinajstić information content (AvgIpc) is 2.57. The number of carbonyl (C=O) groups is 2. The van der Waals surface area contributed by atoms with Gasteiger partial charge >= 0.3 is 0 Å². The second-order valence-electron chi connectivity index (χ2n) is 6.51. The highest BCUT2D eigenvalue weighted by Crippen LogP contribution is 2.09. The van der Waals surface area contributed by atoms with Crippen LogP contribution >= 0.6 is 0 Å². The van der Waals surface area contributed by atoms with Gasteiger partial charge in [0.25, 0.3) is 0 Å². The van der Waals surface area contributed by atoms with E-state index in [-0.39, 0.29) is 0 Å². The first-order valence-corrected chi connectivity index (χ1v) is 10.2. The monoisotopic (exact) mass is 326 g/mol. The van der Waals surface area contributed by atoms with Crippen LogP contribution in [-0.2, 0) is 9.59 Å². The van der Waals surface area contributed by atoms with Crippen molar-refractivity contribution in [2.45, 2.75) is 123 Å². The average molecular weight is 327 g/mol. The van der Waals surface area contributed by atoms with Crippen molar-refractivity contribution in [1.82, 2.24) is 0 Å². The van der Waals surface area contributed by atoms with Gasteiger partial charge in [-0.3, -0.25) is 0 Å². The maximum atomic E-state index is 9.98. The fourth-order valence-electron chi connectivity index (χ4n) is 2.55. The molecule has 0 fully saturated rings. The standard InChI is InChI=1S/C11H22O.C10H20O/c1-2-3-4-5-6-7-8-9-10-11-12;1-2-3-4-5-6-7-8-9-10-11/h11H,2-10H2,1H3;10H,2-9H2,1H3. The Bertz CT molecular complexity index is 214. The molecule has 0 spiro atoms. The molecule has 0 saturated heterocycles. The Labute approximate surface area is 145 Å². The van der Waals surface area contributed by atoms with Gasteiger partial charge in [-0.25, -0.2) is 0 Å². The second-order valence-corrected chi connectivity index (χ2v) is 6.51. The number of hydrogen-bond acceptors (Lipinski definition) is 2. The quantitative estimate of drug-likeness (QED) is 0.212. The van der Waals surface area contributed by atoms with Gasteiger partial charge in [0.15, 0.2) is 0 Å². The van der Waals surface area contributed by atoms with Crippen molar-refractivity contribution in [3.05, 3.63) is 0 Å². The van der Waals surface area contributed by atoms with E-state index in [4.69, 9.17) is 0 Å². The number of rotatable bonds is 17. The van der Waals surface area contributed by atoms with Crippen molar-refractivity contribution >= 4 is 12.6 Å². The Kier molecular flexibility index (Phi) is 28.1. The molecule has 0 aromatic rings. The van der Waals surface area contributed by atoms with Crippen LogP contribution < -0.4 is 0 Å². The number of unbranched alkanes of at least 4 members (excludes halogenated alkanes) is 15. The van der Waals surface area contributed by atoms with Crippen LogP contribution in [0.25, 0.3) is 0 Å². The van der Waals surface area contributed by atoms with E-state index in [0.717, 1.165) is 38.3 Å². The molecule has 2 nitrogen and oxygen atoms in total. The predicted octanol–water partition coefficient (Wildman–Crippen LogP) is 7.04. The largest absolute Gasteiger partial charge is 0.303 e. The molecule has 0 aromatic carbocycles. The molecule has 0 radical (unpaired) electrons. The number of aldehydes is 2. The Morgan fingerprint density at radius 2 is 0.696 bits per heavy atom. The highest BCUT2D eigenvalue weighted by molar-refractivity contribution is 5.49. The summed E-state index contributed by atoms with van der Waals surface area (Å²) in [6.45, 7) is 4.47. The van der Waals surface area contributed by atoms with E-state index in [0.29, 0.717) is 0 Å². The molecular formula is C21H42O2. The molecule has 0 unspecified atom stereocenters. The zero-order valence-corrected chi connectivity index (χ0v) is 16.0. The molecule has 0 atom stereocenters. The summed E-state index contributed by atoms with van der Waals surface area (Å²) in [4.78, 5) is 19.9. The Morgan fingerprint density at radius 1 is 0.435 bits per heavy atom. The fourth-order valence-corrected chi connectivity index (χ4v) is 2.55.